The second-order valence-electron chi connectivity index (χ2n) is 4.19. The summed E-state index contributed by atoms with van der Waals surface area (Å²) in [6.45, 7) is 4.13. The van der Waals surface area contributed by atoms with Crippen LogP contribution < -0.4 is 10.1 Å². The number of fused-ring (bicyclic) bond motifs is 1. The van der Waals surface area contributed by atoms with Crippen LogP contribution in [0.15, 0.2) is 18.2 Å². The molecule has 0 saturated carbocycles. The Morgan fingerprint density at radius 1 is 1.39 bits per heavy atom. The van der Waals surface area contributed by atoms with Gasteiger partial charge in [-0.15, -0.1) is 11.3 Å². The van der Waals surface area contributed by atoms with Crippen molar-refractivity contribution in [2.75, 3.05) is 11.9 Å². The Balaban J connectivity index is 2.07. The molecular weight excluding hydrogens is 248 g/mol. The van der Waals surface area contributed by atoms with Crippen LogP contribution in [0.2, 0.25) is 0 Å². The van der Waals surface area contributed by atoms with Crippen molar-refractivity contribution in [3.8, 4) is 17.0 Å². The number of thiazole rings is 1. The summed E-state index contributed by atoms with van der Waals surface area (Å²) in [7, 11) is 0. The Bertz CT molecular complexity index is 634. The zero-order valence-corrected chi connectivity index (χ0v) is 10.9. The molecule has 1 aliphatic rings. The van der Waals surface area contributed by atoms with E-state index in [1.54, 1.807) is 11.3 Å². The Morgan fingerprint density at radius 3 is 2.94 bits per heavy atom. The third kappa shape index (κ3) is 1.86. The monoisotopic (exact) mass is 260 g/mol. The maximum atomic E-state index is 11.3. The minimum atomic E-state index is -0.120. The van der Waals surface area contributed by atoms with Crippen molar-refractivity contribution in [3.05, 3.63) is 28.1 Å². The number of amides is 1. The van der Waals surface area contributed by atoms with Gasteiger partial charge in [-0.05, 0) is 32.0 Å². The lowest BCUT2D eigenvalue weighted by molar-refractivity contribution is -0.118. The van der Waals surface area contributed by atoms with Crippen LogP contribution in [0.1, 0.15) is 9.88 Å². The van der Waals surface area contributed by atoms with Gasteiger partial charge in [0.15, 0.2) is 6.61 Å². The second-order valence-corrected chi connectivity index (χ2v) is 5.59. The van der Waals surface area contributed by atoms with Crippen molar-refractivity contribution < 1.29 is 9.53 Å². The van der Waals surface area contributed by atoms with Gasteiger partial charge in [0.05, 0.1) is 16.4 Å². The first-order valence-electron chi connectivity index (χ1n) is 5.64. The lowest BCUT2D eigenvalue weighted by atomic mass is 10.1. The van der Waals surface area contributed by atoms with Gasteiger partial charge in [0.2, 0.25) is 0 Å². The molecule has 1 aromatic carbocycles. The van der Waals surface area contributed by atoms with Crippen LogP contribution in [0.25, 0.3) is 11.3 Å². The number of hydrogen-bond acceptors (Lipinski definition) is 4. The van der Waals surface area contributed by atoms with Crippen LogP contribution in [0.5, 0.6) is 5.75 Å². The van der Waals surface area contributed by atoms with Crippen LogP contribution in [-0.2, 0) is 4.79 Å². The molecule has 1 amide bonds. The summed E-state index contributed by atoms with van der Waals surface area (Å²) < 4.78 is 5.33. The number of hydrogen-bond donors (Lipinski definition) is 1. The first-order valence-corrected chi connectivity index (χ1v) is 6.46. The van der Waals surface area contributed by atoms with E-state index in [0.717, 1.165) is 16.3 Å². The normalized spacial score (nSPS) is 13.8. The van der Waals surface area contributed by atoms with E-state index in [9.17, 15) is 4.79 Å². The first kappa shape index (κ1) is 11.2. The fraction of sp³-hybridized carbons (Fsp3) is 0.231. The van der Waals surface area contributed by atoms with E-state index in [1.807, 2.05) is 25.1 Å². The zero-order chi connectivity index (χ0) is 12.7. The zero-order valence-electron chi connectivity index (χ0n) is 10.1. The topological polar surface area (TPSA) is 51.2 Å². The van der Waals surface area contributed by atoms with Crippen molar-refractivity contribution in [2.45, 2.75) is 13.8 Å². The quantitative estimate of drug-likeness (QED) is 0.857. The van der Waals surface area contributed by atoms with Crippen LogP contribution in [0, 0.1) is 13.8 Å². The molecule has 0 fully saturated rings. The average molecular weight is 260 g/mol. The van der Waals surface area contributed by atoms with E-state index in [-0.39, 0.29) is 12.5 Å². The average Bonchev–Trinajstić information content (AvgIpc) is 2.67. The van der Waals surface area contributed by atoms with Crippen molar-refractivity contribution in [2.24, 2.45) is 0 Å². The molecular formula is C13H12N2O2S. The van der Waals surface area contributed by atoms with Gasteiger partial charge in [-0.25, -0.2) is 4.98 Å². The van der Waals surface area contributed by atoms with Crippen LogP contribution in [-0.4, -0.2) is 17.5 Å². The molecule has 1 N–H and O–H groups in total. The summed E-state index contributed by atoms with van der Waals surface area (Å²) in [5, 5.41) is 3.85. The molecule has 2 heterocycles. The van der Waals surface area contributed by atoms with Gasteiger partial charge in [0, 0.05) is 10.4 Å². The summed E-state index contributed by atoms with van der Waals surface area (Å²) in [4.78, 5) is 17.0. The molecule has 2 aromatic rings. The standard InChI is InChI=1S/C13H12N2O2S/c1-7-13(14-8(2)18-7)9-3-4-11-10(5-9)15-12(16)6-17-11/h3-5H,6H2,1-2H3,(H,15,16). The van der Waals surface area contributed by atoms with Crippen LogP contribution >= 0.6 is 11.3 Å². The highest BCUT2D eigenvalue weighted by Crippen LogP contribution is 2.34. The van der Waals surface area contributed by atoms with E-state index >= 15 is 0 Å². The molecule has 3 rings (SSSR count). The van der Waals surface area contributed by atoms with Gasteiger partial charge in [0.1, 0.15) is 5.75 Å². The van der Waals surface area contributed by atoms with Gasteiger partial charge < -0.3 is 10.1 Å². The Hall–Kier alpha value is -1.88. The third-order valence-corrected chi connectivity index (χ3v) is 3.68. The highest BCUT2D eigenvalue weighted by Gasteiger charge is 2.17. The summed E-state index contributed by atoms with van der Waals surface area (Å²) in [5.41, 5.74) is 2.69. The summed E-state index contributed by atoms with van der Waals surface area (Å²) in [6.07, 6.45) is 0. The number of anilines is 1. The largest absolute Gasteiger partial charge is 0.482 e. The van der Waals surface area contributed by atoms with Gasteiger partial charge in [-0.3, -0.25) is 4.79 Å². The molecule has 5 heteroatoms. The molecule has 1 aliphatic heterocycles. The number of nitrogens with one attached hydrogen (secondary N) is 1. The first-order chi connectivity index (χ1) is 8.63. The van der Waals surface area contributed by atoms with Crippen molar-refractivity contribution in [1.82, 2.24) is 4.98 Å². The van der Waals surface area contributed by atoms with E-state index in [2.05, 4.69) is 17.2 Å². The molecule has 92 valence electrons. The minimum Gasteiger partial charge on any atom is -0.482 e. The molecule has 0 aliphatic carbocycles. The van der Waals surface area contributed by atoms with Crippen molar-refractivity contribution >= 4 is 22.9 Å². The van der Waals surface area contributed by atoms with Crippen molar-refractivity contribution in [1.29, 1.82) is 0 Å². The number of nitrogens with zero attached hydrogens (tertiary/aromatic N) is 1. The third-order valence-electron chi connectivity index (χ3n) is 2.79. The number of rotatable bonds is 1. The predicted octanol–water partition coefficient (Wildman–Crippen LogP) is 2.76. The molecule has 0 atom stereocenters. The lowest BCUT2D eigenvalue weighted by Gasteiger charge is -2.18. The van der Waals surface area contributed by atoms with E-state index in [1.165, 1.54) is 4.88 Å². The van der Waals surface area contributed by atoms with Gasteiger partial charge >= 0.3 is 0 Å². The number of aromatic nitrogens is 1. The Morgan fingerprint density at radius 2 is 2.22 bits per heavy atom. The number of carbonyl (C=O) groups excluding carboxylic acids is 1. The Labute approximate surface area is 109 Å². The number of benzene rings is 1. The lowest BCUT2D eigenvalue weighted by Crippen LogP contribution is -2.25. The molecule has 18 heavy (non-hydrogen) atoms. The SMILES string of the molecule is Cc1nc(-c2ccc3c(c2)NC(=O)CO3)c(C)s1. The maximum absolute atomic E-state index is 11.3. The fourth-order valence-corrected chi connectivity index (χ4v) is 2.87. The fourth-order valence-electron chi connectivity index (χ4n) is 2.03. The predicted molar refractivity (Wildman–Crippen MR) is 71.1 cm³/mol. The second kappa shape index (κ2) is 4.10. The highest BCUT2D eigenvalue weighted by molar-refractivity contribution is 7.11. The number of aryl methyl sites for hydroxylation is 2. The summed E-state index contributed by atoms with van der Waals surface area (Å²) in [6, 6.07) is 5.75. The van der Waals surface area contributed by atoms with E-state index in [0.29, 0.717) is 11.4 Å². The molecule has 0 radical (unpaired) electrons. The molecule has 0 saturated heterocycles. The molecule has 0 spiro atoms. The van der Waals surface area contributed by atoms with Gasteiger partial charge in [-0.1, -0.05) is 0 Å². The maximum Gasteiger partial charge on any atom is 0.262 e. The van der Waals surface area contributed by atoms with Crippen LogP contribution in [0.3, 0.4) is 0 Å². The van der Waals surface area contributed by atoms with Crippen molar-refractivity contribution in [3.63, 3.8) is 0 Å². The van der Waals surface area contributed by atoms with E-state index < -0.39 is 0 Å². The molecule has 1 aromatic heterocycles. The van der Waals surface area contributed by atoms with Crippen LogP contribution in [0.4, 0.5) is 5.69 Å². The molecule has 4 nitrogen and oxygen atoms in total. The summed E-state index contributed by atoms with van der Waals surface area (Å²) >= 11 is 1.67. The van der Waals surface area contributed by atoms with E-state index in [4.69, 9.17) is 4.74 Å². The molecule has 0 bridgehead atoms. The van der Waals surface area contributed by atoms with Gasteiger partial charge in [0.25, 0.3) is 5.91 Å². The number of carbonyl (C=O) groups is 1. The number of ether oxygens (including phenoxy) is 1. The Kier molecular flexibility index (Phi) is 2.56. The highest BCUT2D eigenvalue weighted by atomic mass is 32.1. The minimum absolute atomic E-state index is 0.0845. The van der Waals surface area contributed by atoms with Gasteiger partial charge in [-0.2, -0.15) is 0 Å². The molecule has 0 unspecified atom stereocenters. The smallest absolute Gasteiger partial charge is 0.262 e. The summed E-state index contributed by atoms with van der Waals surface area (Å²) in [5.74, 6) is 0.591.